The van der Waals surface area contributed by atoms with E-state index in [9.17, 15) is 9.59 Å². The highest BCUT2D eigenvalue weighted by atomic mass is 32.2. The second-order valence-corrected chi connectivity index (χ2v) is 5.52. The number of rotatable bonds is 5. The number of hydrogen-bond acceptors (Lipinski definition) is 3. The molecule has 4 nitrogen and oxygen atoms in total. The number of nitrogens with zero attached hydrogens (tertiary/aromatic N) is 1. The predicted molar refractivity (Wildman–Crippen MR) is 88.2 cm³/mol. The minimum atomic E-state index is -0.647. The van der Waals surface area contributed by atoms with Gasteiger partial charge in [-0.05, 0) is 30.9 Å². The van der Waals surface area contributed by atoms with Crippen molar-refractivity contribution in [2.45, 2.75) is 19.4 Å². The lowest BCUT2D eigenvalue weighted by molar-refractivity contribution is -0.143. The number of benzene rings is 1. The highest BCUT2D eigenvalue weighted by Crippen LogP contribution is 2.12. The number of thioether (sulfide) groups is 1. The summed E-state index contributed by atoms with van der Waals surface area (Å²) in [6.07, 6.45) is 8.10. The Bertz CT molecular complexity index is 551. The molecule has 0 spiro atoms. The third-order valence-corrected chi connectivity index (χ3v) is 3.90. The zero-order chi connectivity index (χ0) is 15.8. The Kier molecular flexibility index (Phi) is 6.83. The fourth-order valence-electron chi connectivity index (χ4n) is 1.89. The summed E-state index contributed by atoms with van der Waals surface area (Å²) in [6, 6.07) is 6.90. The zero-order valence-electron chi connectivity index (χ0n) is 12.6. The van der Waals surface area contributed by atoms with Crippen LogP contribution in [0.2, 0.25) is 0 Å². The highest BCUT2D eigenvalue weighted by molar-refractivity contribution is 7.98. The predicted octanol–water partition coefficient (Wildman–Crippen LogP) is 2.21. The lowest BCUT2D eigenvalue weighted by Gasteiger charge is -2.26. The average molecular weight is 304 g/mol. The Labute approximate surface area is 130 Å². The van der Waals surface area contributed by atoms with Crippen LogP contribution in [0.15, 0.2) is 24.3 Å². The van der Waals surface area contributed by atoms with Crippen LogP contribution in [-0.2, 0) is 9.59 Å². The molecule has 0 aliphatic heterocycles. The van der Waals surface area contributed by atoms with Crippen molar-refractivity contribution in [3.8, 4) is 12.3 Å². The lowest BCUT2D eigenvalue weighted by Crippen LogP contribution is -2.44. The van der Waals surface area contributed by atoms with Gasteiger partial charge in [-0.25, -0.2) is 0 Å². The average Bonchev–Trinajstić information content (AvgIpc) is 2.51. The fraction of sp³-hybridized carbons (Fsp3) is 0.375. The van der Waals surface area contributed by atoms with Crippen molar-refractivity contribution in [2.24, 2.45) is 0 Å². The topological polar surface area (TPSA) is 49.4 Å². The number of hydrogen-bond donors (Lipinski definition) is 1. The summed E-state index contributed by atoms with van der Waals surface area (Å²) in [5, 5.41) is 2.59. The normalized spacial score (nSPS) is 11.3. The maximum Gasteiger partial charge on any atom is 0.313 e. The molecular weight excluding hydrogens is 284 g/mol. The van der Waals surface area contributed by atoms with E-state index in [-0.39, 0.29) is 6.04 Å². The first-order valence-electron chi connectivity index (χ1n) is 6.67. The summed E-state index contributed by atoms with van der Waals surface area (Å²) in [5.41, 5.74) is 1.18. The van der Waals surface area contributed by atoms with Gasteiger partial charge in [-0.3, -0.25) is 9.59 Å². The van der Waals surface area contributed by atoms with Crippen molar-refractivity contribution in [1.82, 2.24) is 4.90 Å². The van der Waals surface area contributed by atoms with Gasteiger partial charge < -0.3 is 10.2 Å². The fourth-order valence-corrected chi connectivity index (χ4v) is 2.74. The third-order valence-electron chi connectivity index (χ3n) is 3.18. The molecule has 1 aromatic rings. The van der Waals surface area contributed by atoms with E-state index in [1.165, 1.54) is 4.90 Å². The molecule has 1 aromatic carbocycles. The Hall–Kier alpha value is -1.93. The van der Waals surface area contributed by atoms with E-state index in [0.29, 0.717) is 11.3 Å². The summed E-state index contributed by atoms with van der Waals surface area (Å²) in [7, 11) is 1.66. The largest absolute Gasteiger partial charge is 0.334 e. The van der Waals surface area contributed by atoms with Crippen LogP contribution in [0.1, 0.15) is 18.9 Å². The van der Waals surface area contributed by atoms with Gasteiger partial charge in [-0.15, -0.1) is 6.42 Å². The molecule has 0 aliphatic carbocycles. The lowest BCUT2D eigenvalue weighted by atomic mass is 10.2. The number of amides is 2. The SMILES string of the molecule is C#Cc1cccc(NC(=O)C(=O)N(C)[C@H](CC)CSC)c1. The van der Waals surface area contributed by atoms with Gasteiger partial charge in [0, 0.05) is 30.1 Å². The first kappa shape index (κ1) is 17.1. The molecule has 0 bridgehead atoms. The minimum Gasteiger partial charge on any atom is -0.334 e. The van der Waals surface area contributed by atoms with Crippen molar-refractivity contribution in [3.05, 3.63) is 29.8 Å². The van der Waals surface area contributed by atoms with E-state index >= 15 is 0 Å². The molecule has 5 heteroatoms. The van der Waals surface area contributed by atoms with E-state index in [1.807, 2.05) is 13.2 Å². The summed E-state index contributed by atoms with van der Waals surface area (Å²) < 4.78 is 0. The molecule has 0 aromatic heterocycles. The highest BCUT2D eigenvalue weighted by Gasteiger charge is 2.24. The molecule has 2 amide bonds. The molecule has 0 saturated carbocycles. The standard InChI is InChI=1S/C16H20N2O2S/c1-5-12-8-7-9-13(10-12)17-15(19)16(20)18(3)14(6-2)11-21-4/h1,7-10,14H,6,11H2,2-4H3,(H,17,19)/t14-/m1/s1. The molecule has 0 radical (unpaired) electrons. The smallest absolute Gasteiger partial charge is 0.313 e. The Morgan fingerprint density at radius 2 is 2.19 bits per heavy atom. The first-order chi connectivity index (χ1) is 10.0. The van der Waals surface area contributed by atoms with E-state index in [4.69, 9.17) is 6.42 Å². The monoisotopic (exact) mass is 304 g/mol. The summed E-state index contributed by atoms with van der Waals surface area (Å²) >= 11 is 1.65. The second kappa shape index (κ2) is 8.38. The first-order valence-corrected chi connectivity index (χ1v) is 8.06. The number of nitrogens with one attached hydrogen (secondary N) is 1. The molecule has 0 unspecified atom stereocenters. The Morgan fingerprint density at radius 3 is 2.76 bits per heavy atom. The molecule has 0 heterocycles. The number of terminal acetylenes is 1. The molecule has 1 N–H and O–H groups in total. The molecule has 112 valence electrons. The molecule has 1 rings (SSSR count). The van der Waals surface area contributed by atoms with Crippen molar-refractivity contribution in [1.29, 1.82) is 0 Å². The van der Waals surface area contributed by atoms with Crippen LogP contribution >= 0.6 is 11.8 Å². The van der Waals surface area contributed by atoms with Crippen LogP contribution in [0.25, 0.3) is 0 Å². The van der Waals surface area contributed by atoms with Gasteiger partial charge in [0.05, 0.1) is 0 Å². The van der Waals surface area contributed by atoms with Crippen molar-refractivity contribution in [3.63, 3.8) is 0 Å². The second-order valence-electron chi connectivity index (χ2n) is 4.61. The maximum absolute atomic E-state index is 12.1. The van der Waals surface area contributed by atoms with Crippen LogP contribution < -0.4 is 5.32 Å². The Balaban J connectivity index is 2.74. The quantitative estimate of drug-likeness (QED) is 0.670. The maximum atomic E-state index is 12.1. The van der Waals surface area contributed by atoms with Gasteiger partial charge in [0.1, 0.15) is 0 Å². The third kappa shape index (κ3) is 4.83. The molecule has 0 aliphatic rings. The molecular formula is C16H20N2O2S. The summed E-state index contributed by atoms with van der Waals surface area (Å²) in [5.74, 6) is 2.10. The number of anilines is 1. The molecule has 0 saturated heterocycles. The van der Waals surface area contributed by atoms with Crippen molar-refractivity contribution in [2.75, 3.05) is 24.4 Å². The number of likely N-dealkylation sites (N-methyl/N-ethyl adjacent to an activating group) is 1. The molecule has 1 atom stereocenters. The number of carbonyl (C=O) groups excluding carboxylic acids is 2. The number of carbonyl (C=O) groups is 2. The van der Waals surface area contributed by atoms with Crippen molar-refractivity contribution >= 4 is 29.3 Å². The minimum absolute atomic E-state index is 0.0512. The summed E-state index contributed by atoms with van der Waals surface area (Å²) in [6.45, 7) is 2.00. The van der Waals surface area contributed by atoms with Gasteiger partial charge in [0.25, 0.3) is 0 Å². The van der Waals surface area contributed by atoms with Gasteiger partial charge >= 0.3 is 11.8 Å². The van der Waals surface area contributed by atoms with Crippen LogP contribution in [0.5, 0.6) is 0 Å². The van der Waals surface area contributed by atoms with E-state index in [0.717, 1.165) is 12.2 Å². The Morgan fingerprint density at radius 1 is 1.48 bits per heavy atom. The van der Waals surface area contributed by atoms with Crippen LogP contribution in [0.4, 0.5) is 5.69 Å². The van der Waals surface area contributed by atoms with Gasteiger partial charge in [0.15, 0.2) is 0 Å². The van der Waals surface area contributed by atoms with Crippen molar-refractivity contribution < 1.29 is 9.59 Å². The van der Waals surface area contributed by atoms with Gasteiger partial charge in [-0.1, -0.05) is 18.9 Å². The van der Waals surface area contributed by atoms with E-state index in [1.54, 1.807) is 43.1 Å². The van der Waals surface area contributed by atoms with Crippen LogP contribution in [0, 0.1) is 12.3 Å². The molecule has 0 fully saturated rings. The van der Waals surface area contributed by atoms with E-state index in [2.05, 4.69) is 11.2 Å². The van der Waals surface area contributed by atoms with Gasteiger partial charge in [-0.2, -0.15) is 11.8 Å². The summed E-state index contributed by atoms with van der Waals surface area (Å²) in [4.78, 5) is 25.7. The van der Waals surface area contributed by atoms with Gasteiger partial charge in [0.2, 0.25) is 0 Å². The van der Waals surface area contributed by atoms with Crippen LogP contribution in [-0.4, -0.2) is 41.8 Å². The van der Waals surface area contributed by atoms with E-state index < -0.39 is 11.8 Å². The molecule has 21 heavy (non-hydrogen) atoms. The zero-order valence-corrected chi connectivity index (χ0v) is 13.4. The van der Waals surface area contributed by atoms with Crippen LogP contribution in [0.3, 0.4) is 0 Å².